The number of carbonyl (C=O) groups is 2. The van der Waals surface area contributed by atoms with Crippen molar-refractivity contribution in [2.24, 2.45) is 0 Å². The molecule has 2 aromatic rings. The van der Waals surface area contributed by atoms with Gasteiger partial charge < -0.3 is 23.5 Å². The average molecular weight is 399 g/mol. The van der Waals surface area contributed by atoms with Gasteiger partial charge in [0, 0.05) is 30.1 Å². The van der Waals surface area contributed by atoms with Crippen molar-refractivity contribution in [2.75, 3.05) is 27.1 Å². The number of aryl methyl sites for hydroxylation is 1. The number of ketones is 1. The van der Waals surface area contributed by atoms with Gasteiger partial charge in [-0.25, -0.2) is 4.79 Å². The topological polar surface area (TPSA) is 76.0 Å². The van der Waals surface area contributed by atoms with Crippen LogP contribution in [0.25, 0.3) is 6.08 Å². The molecule has 0 saturated carbocycles. The number of aromatic nitrogens is 1. The standard InChI is InChI=1S/C22H25NO6/c1-14-9-18(16(3)23(14)15(2)11-26-4)19(24)12-27-22(25)8-6-17-5-7-20-21(10-17)29-13-28-20/h5-10,15H,11-13H2,1-4H3/b8-6+/t15-/m0/s1. The number of carbonyl (C=O) groups excluding carboxylic acids is 2. The molecule has 7 heteroatoms. The number of fused-ring (bicyclic) bond motifs is 1. The SMILES string of the molecule is COC[C@H](C)n1c(C)cc(C(=O)COC(=O)/C=C/c2ccc3c(c2)OCO3)c1C. The van der Waals surface area contributed by atoms with Crippen molar-refractivity contribution in [1.82, 2.24) is 4.57 Å². The van der Waals surface area contributed by atoms with Crippen LogP contribution in [0.15, 0.2) is 30.3 Å². The van der Waals surface area contributed by atoms with Gasteiger partial charge in [0.1, 0.15) is 0 Å². The molecular formula is C22H25NO6. The lowest BCUT2D eigenvalue weighted by Crippen LogP contribution is -2.16. The molecule has 1 aliphatic heterocycles. The highest BCUT2D eigenvalue weighted by Gasteiger charge is 2.19. The van der Waals surface area contributed by atoms with Crippen LogP contribution < -0.4 is 9.47 Å². The van der Waals surface area contributed by atoms with E-state index >= 15 is 0 Å². The van der Waals surface area contributed by atoms with Crippen molar-refractivity contribution in [2.45, 2.75) is 26.8 Å². The van der Waals surface area contributed by atoms with Crippen molar-refractivity contribution in [3.63, 3.8) is 0 Å². The molecule has 0 fully saturated rings. The summed E-state index contributed by atoms with van der Waals surface area (Å²) in [7, 11) is 1.65. The Labute approximate surface area is 169 Å². The summed E-state index contributed by atoms with van der Waals surface area (Å²) in [6, 6.07) is 7.28. The Kier molecular flexibility index (Phi) is 6.39. The summed E-state index contributed by atoms with van der Waals surface area (Å²) in [5, 5.41) is 0. The minimum Gasteiger partial charge on any atom is -0.454 e. The van der Waals surface area contributed by atoms with Gasteiger partial charge in [-0.05, 0) is 50.6 Å². The molecule has 0 saturated heterocycles. The lowest BCUT2D eigenvalue weighted by atomic mass is 10.1. The summed E-state index contributed by atoms with van der Waals surface area (Å²) < 4.78 is 22.9. The second-order valence-electron chi connectivity index (χ2n) is 6.94. The minimum atomic E-state index is -0.586. The van der Waals surface area contributed by atoms with Gasteiger partial charge in [-0.2, -0.15) is 0 Å². The van der Waals surface area contributed by atoms with E-state index in [2.05, 4.69) is 4.57 Å². The Morgan fingerprint density at radius 2 is 1.97 bits per heavy atom. The highest BCUT2D eigenvalue weighted by molar-refractivity contribution is 6.00. The lowest BCUT2D eigenvalue weighted by Gasteiger charge is -2.17. The molecule has 0 amide bonds. The van der Waals surface area contributed by atoms with E-state index in [-0.39, 0.29) is 25.2 Å². The maximum atomic E-state index is 12.5. The van der Waals surface area contributed by atoms with Crippen molar-refractivity contribution in [3.8, 4) is 11.5 Å². The zero-order valence-corrected chi connectivity index (χ0v) is 17.1. The summed E-state index contributed by atoms with van der Waals surface area (Å²) in [6.45, 7) is 6.27. The maximum Gasteiger partial charge on any atom is 0.331 e. The third-order valence-corrected chi connectivity index (χ3v) is 4.79. The quantitative estimate of drug-likeness (QED) is 0.384. The first-order valence-corrected chi connectivity index (χ1v) is 9.35. The second-order valence-corrected chi connectivity index (χ2v) is 6.94. The Morgan fingerprint density at radius 3 is 2.72 bits per heavy atom. The van der Waals surface area contributed by atoms with Crippen LogP contribution >= 0.6 is 0 Å². The lowest BCUT2D eigenvalue weighted by molar-refractivity contribution is -0.136. The molecule has 154 valence electrons. The number of nitrogens with zero attached hydrogens (tertiary/aromatic N) is 1. The molecule has 1 aromatic carbocycles. The fourth-order valence-corrected chi connectivity index (χ4v) is 3.50. The summed E-state index contributed by atoms with van der Waals surface area (Å²) >= 11 is 0. The molecule has 1 atom stereocenters. The Morgan fingerprint density at radius 1 is 1.21 bits per heavy atom. The largest absolute Gasteiger partial charge is 0.454 e. The van der Waals surface area contributed by atoms with Crippen LogP contribution in [0.2, 0.25) is 0 Å². The fourth-order valence-electron chi connectivity index (χ4n) is 3.50. The van der Waals surface area contributed by atoms with E-state index in [0.29, 0.717) is 23.7 Å². The number of rotatable bonds is 8. The molecule has 0 radical (unpaired) electrons. The molecule has 1 aromatic heterocycles. The maximum absolute atomic E-state index is 12.5. The number of esters is 1. The Bertz CT molecular complexity index is 943. The van der Waals surface area contributed by atoms with Crippen LogP contribution in [-0.4, -0.2) is 43.4 Å². The van der Waals surface area contributed by atoms with E-state index in [1.165, 1.54) is 6.08 Å². The normalized spacial score (nSPS) is 13.7. The molecular weight excluding hydrogens is 374 g/mol. The van der Waals surface area contributed by atoms with Crippen molar-refractivity contribution in [1.29, 1.82) is 0 Å². The third-order valence-electron chi connectivity index (χ3n) is 4.79. The van der Waals surface area contributed by atoms with E-state index in [9.17, 15) is 9.59 Å². The summed E-state index contributed by atoms with van der Waals surface area (Å²) in [5.74, 6) is 0.484. The molecule has 0 bridgehead atoms. The van der Waals surface area contributed by atoms with E-state index in [0.717, 1.165) is 17.0 Å². The number of benzene rings is 1. The van der Waals surface area contributed by atoms with Crippen molar-refractivity contribution >= 4 is 17.8 Å². The van der Waals surface area contributed by atoms with Gasteiger partial charge >= 0.3 is 5.97 Å². The van der Waals surface area contributed by atoms with Crippen LogP contribution in [0.4, 0.5) is 0 Å². The van der Waals surface area contributed by atoms with Gasteiger partial charge in [0.2, 0.25) is 12.6 Å². The molecule has 0 spiro atoms. The summed E-state index contributed by atoms with van der Waals surface area (Å²) in [6.07, 6.45) is 2.89. The van der Waals surface area contributed by atoms with E-state index in [4.69, 9.17) is 18.9 Å². The molecule has 0 unspecified atom stereocenters. The Balaban J connectivity index is 1.59. The van der Waals surface area contributed by atoms with Gasteiger partial charge in [-0.1, -0.05) is 6.07 Å². The van der Waals surface area contributed by atoms with Gasteiger partial charge in [0.15, 0.2) is 18.1 Å². The average Bonchev–Trinajstić information content (AvgIpc) is 3.28. The first-order chi connectivity index (χ1) is 13.9. The number of hydrogen-bond donors (Lipinski definition) is 0. The second kappa shape index (κ2) is 8.96. The highest BCUT2D eigenvalue weighted by Crippen LogP contribution is 2.32. The smallest absolute Gasteiger partial charge is 0.331 e. The van der Waals surface area contributed by atoms with E-state index in [1.807, 2.05) is 26.8 Å². The Hall–Kier alpha value is -3.06. The van der Waals surface area contributed by atoms with Gasteiger partial charge in [-0.3, -0.25) is 4.79 Å². The van der Waals surface area contributed by atoms with Crippen LogP contribution in [0.5, 0.6) is 11.5 Å². The van der Waals surface area contributed by atoms with Crippen LogP contribution in [0.3, 0.4) is 0 Å². The summed E-state index contributed by atoms with van der Waals surface area (Å²) in [4.78, 5) is 24.5. The molecule has 1 aliphatic rings. The van der Waals surface area contributed by atoms with Gasteiger partial charge in [-0.15, -0.1) is 0 Å². The molecule has 29 heavy (non-hydrogen) atoms. The first kappa shape index (κ1) is 20.7. The monoisotopic (exact) mass is 399 g/mol. The predicted molar refractivity (Wildman–Crippen MR) is 107 cm³/mol. The molecule has 0 N–H and O–H groups in total. The number of methoxy groups -OCH3 is 1. The zero-order chi connectivity index (χ0) is 21.0. The third kappa shape index (κ3) is 4.68. The number of Topliss-reactive ketones (excluding diaryl/α,β-unsaturated/α-hetero) is 1. The van der Waals surface area contributed by atoms with Crippen molar-refractivity contribution < 1.29 is 28.5 Å². The highest BCUT2D eigenvalue weighted by atomic mass is 16.7. The molecule has 3 rings (SSSR count). The van der Waals surface area contributed by atoms with Crippen LogP contribution in [0, 0.1) is 13.8 Å². The molecule has 0 aliphatic carbocycles. The number of hydrogen-bond acceptors (Lipinski definition) is 6. The van der Waals surface area contributed by atoms with Crippen LogP contribution in [0.1, 0.15) is 40.3 Å². The predicted octanol–water partition coefficient (Wildman–Crippen LogP) is 3.48. The number of ether oxygens (including phenoxy) is 4. The van der Waals surface area contributed by atoms with Gasteiger partial charge in [0.05, 0.1) is 12.6 Å². The minimum absolute atomic E-state index is 0.105. The van der Waals surface area contributed by atoms with E-state index in [1.54, 1.807) is 31.4 Å². The summed E-state index contributed by atoms with van der Waals surface area (Å²) in [5.41, 5.74) is 3.12. The molecule has 7 nitrogen and oxygen atoms in total. The van der Waals surface area contributed by atoms with Crippen LogP contribution in [-0.2, 0) is 14.3 Å². The van der Waals surface area contributed by atoms with Gasteiger partial charge in [0.25, 0.3) is 0 Å². The van der Waals surface area contributed by atoms with E-state index < -0.39 is 5.97 Å². The zero-order valence-electron chi connectivity index (χ0n) is 17.1. The fraction of sp³-hybridized carbons (Fsp3) is 0.364. The first-order valence-electron chi connectivity index (χ1n) is 9.35. The molecule has 2 heterocycles. The van der Waals surface area contributed by atoms with Crippen molar-refractivity contribution in [3.05, 3.63) is 52.9 Å².